The van der Waals surface area contributed by atoms with E-state index in [1.807, 2.05) is 18.2 Å². The largest absolute Gasteiger partial charge is 0.264 e. The molecule has 3 rings (SSSR count). The maximum atomic E-state index is 9.62. The van der Waals surface area contributed by atoms with Crippen molar-refractivity contribution in [3.05, 3.63) is 71.8 Å². The molecule has 114 valence electrons. The van der Waals surface area contributed by atoms with Gasteiger partial charge in [-0.2, -0.15) is 10.5 Å². The van der Waals surface area contributed by atoms with E-state index in [9.17, 15) is 10.5 Å². The van der Waals surface area contributed by atoms with Crippen LogP contribution in [0.25, 0.3) is 11.3 Å². The molecule has 0 spiro atoms. The highest BCUT2D eigenvalue weighted by molar-refractivity contribution is 7.98. The van der Waals surface area contributed by atoms with Gasteiger partial charge < -0.3 is 0 Å². The maximum absolute atomic E-state index is 9.62. The van der Waals surface area contributed by atoms with E-state index in [0.717, 1.165) is 5.56 Å². The summed E-state index contributed by atoms with van der Waals surface area (Å²) in [6.07, 6.45) is 6.63. The predicted molar refractivity (Wildman–Crippen MR) is 90.7 cm³/mol. The molecule has 0 saturated carbocycles. The summed E-state index contributed by atoms with van der Waals surface area (Å²) in [4.78, 5) is 12.6. The Hall–Kier alpha value is -3.22. The summed E-state index contributed by atoms with van der Waals surface area (Å²) in [6.45, 7) is 0. The van der Waals surface area contributed by atoms with Gasteiger partial charge in [-0.25, -0.2) is 4.98 Å². The Kier molecular flexibility index (Phi) is 4.81. The average molecular weight is 329 g/mol. The van der Waals surface area contributed by atoms with Crippen molar-refractivity contribution in [3.63, 3.8) is 0 Å². The van der Waals surface area contributed by atoms with Gasteiger partial charge in [-0.3, -0.25) is 9.97 Å². The third kappa shape index (κ3) is 3.24. The lowest BCUT2D eigenvalue weighted by Crippen LogP contribution is -1.98. The first-order valence-corrected chi connectivity index (χ1v) is 8.08. The van der Waals surface area contributed by atoms with E-state index in [-0.39, 0.29) is 0 Å². The molecule has 0 atom stereocenters. The Morgan fingerprint density at radius 2 is 1.88 bits per heavy atom. The van der Waals surface area contributed by atoms with Crippen LogP contribution in [0.3, 0.4) is 0 Å². The predicted octanol–water partition coefficient (Wildman–Crippen LogP) is 3.57. The van der Waals surface area contributed by atoms with Crippen LogP contribution in [0.15, 0.2) is 60.1 Å². The zero-order valence-electron chi connectivity index (χ0n) is 12.5. The Morgan fingerprint density at radius 1 is 0.958 bits per heavy atom. The number of thioether (sulfide) groups is 1. The van der Waals surface area contributed by atoms with Crippen LogP contribution in [0.5, 0.6) is 0 Å². The van der Waals surface area contributed by atoms with Crippen LogP contribution in [0, 0.1) is 22.7 Å². The lowest BCUT2D eigenvalue weighted by atomic mass is 10.0. The second-order valence-corrected chi connectivity index (χ2v) is 5.78. The molecule has 0 saturated heterocycles. The lowest BCUT2D eigenvalue weighted by molar-refractivity contribution is 1.09. The van der Waals surface area contributed by atoms with E-state index < -0.39 is 0 Å². The third-order valence-electron chi connectivity index (χ3n) is 3.30. The van der Waals surface area contributed by atoms with E-state index >= 15 is 0 Å². The third-order valence-corrected chi connectivity index (χ3v) is 4.36. The number of nitrogens with zero attached hydrogens (tertiary/aromatic N) is 5. The molecule has 0 aromatic carbocycles. The Morgan fingerprint density at radius 3 is 2.54 bits per heavy atom. The van der Waals surface area contributed by atoms with E-state index in [1.165, 1.54) is 18.0 Å². The molecule has 0 aliphatic heterocycles. The molecule has 5 nitrogen and oxygen atoms in total. The van der Waals surface area contributed by atoms with Crippen LogP contribution in [-0.2, 0) is 5.75 Å². The molecule has 0 aliphatic rings. The minimum absolute atomic E-state index is 0.343. The Bertz CT molecular complexity index is 927. The van der Waals surface area contributed by atoms with Crippen molar-refractivity contribution >= 4 is 11.8 Å². The summed E-state index contributed by atoms with van der Waals surface area (Å²) in [5, 5.41) is 19.6. The number of aromatic nitrogens is 3. The van der Waals surface area contributed by atoms with E-state index in [1.54, 1.807) is 30.7 Å². The Balaban J connectivity index is 2.03. The number of rotatable bonds is 4. The molecule has 0 fully saturated rings. The standard InChI is InChI=1S/C18H11N5S/c19-8-14-11-23-18(24-12-13-4-3-6-21-10-13)15(9-20)17(14)16-5-1-2-7-22-16/h1-7,10-11H,12H2. The van der Waals surface area contributed by atoms with Gasteiger partial charge in [-0.15, -0.1) is 11.8 Å². The average Bonchev–Trinajstić information content (AvgIpc) is 2.67. The van der Waals surface area contributed by atoms with Gasteiger partial charge in [0.1, 0.15) is 17.2 Å². The quantitative estimate of drug-likeness (QED) is 0.680. The van der Waals surface area contributed by atoms with Gasteiger partial charge in [0.25, 0.3) is 0 Å². The molecule has 24 heavy (non-hydrogen) atoms. The molecule has 3 aromatic heterocycles. The smallest absolute Gasteiger partial charge is 0.115 e. The summed E-state index contributed by atoms with van der Waals surface area (Å²) >= 11 is 1.44. The van der Waals surface area contributed by atoms with Crippen LogP contribution < -0.4 is 0 Å². The van der Waals surface area contributed by atoms with Crippen LogP contribution >= 0.6 is 11.8 Å². The summed E-state index contributed by atoms with van der Waals surface area (Å²) in [5.74, 6) is 0.642. The minimum atomic E-state index is 0.343. The number of hydrogen-bond donors (Lipinski definition) is 0. The van der Waals surface area contributed by atoms with Gasteiger partial charge >= 0.3 is 0 Å². The lowest BCUT2D eigenvalue weighted by Gasteiger charge is -2.09. The molecular weight excluding hydrogens is 318 g/mol. The zero-order chi connectivity index (χ0) is 16.8. The fourth-order valence-corrected chi connectivity index (χ4v) is 3.10. The molecule has 0 aliphatic carbocycles. The van der Waals surface area contributed by atoms with Gasteiger partial charge in [0.15, 0.2) is 0 Å². The molecule has 3 aromatic rings. The summed E-state index contributed by atoms with van der Waals surface area (Å²) < 4.78 is 0. The SMILES string of the molecule is N#Cc1cnc(SCc2cccnc2)c(C#N)c1-c1ccccn1. The van der Waals surface area contributed by atoms with Crippen molar-refractivity contribution in [1.29, 1.82) is 10.5 Å². The number of hydrogen-bond acceptors (Lipinski definition) is 6. The molecule has 0 unspecified atom stereocenters. The topological polar surface area (TPSA) is 86.2 Å². The summed E-state index contributed by atoms with van der Waals surface area (Å²) in [6, 6.07) is 13.5. The van der Waals surface area contributed by atoms with Crippen LogP contribution in [0.2, 0.25) is 0 Å². The second-order valence-electron chi connectivity index (χ2n) is 4.82. The highest BCUT2D eigenvalue weighted by Crippen LogP contribution is 2.32. The molecule has 0 radical (unpaired) electrons. The molecule has 0 N–H and O–H groups in total. The molecule has 3 heterocycles. The molecule has 6 heteroatoms. The molecule has 0 amide bonds. The summed E-state index contributed by atoms with van der Waals surface area (Å²) in [5.41, 5.74) is 2.88. The first-order valence-electron chi connectivity index (χ1n) is 7.09. The van der Waals surface area contributed by atoms with Crippen molar-refractivity contribution in [3.8, 4) is 23.4 Å². The van der Waals surface area contributed by atoms with Gasteiger partial charge in [0, 0.05) is 36.1 Å². The molecular formula is C18H11N5S. The van der Waals surface area contributed by atoms with E-state index in [4.69, 9.17) is 0 Å². The monoisotopic (exact) mass is 329 g/mol. The fourth-order valence-electron chi connectivity index (χ4n) is 2.20. The van der Waals surface area contributed by atoms with Crippen molar-refractivity contribution < 1.29 is 0 Å². The maximum Gasteiger partial charge on any atom is 0.115 e. The zero-order valence-corrected chi connectivity index (χ0v) is 13.4. The van der Waals surface area contributed by atoms with Gasteiger partial charge in [-0.05, 0) is 23.8 Å². The van der Waals surface area contributed by atoms with Gasteiger partial charge in [0.2, 0.25) is 0 Å². The normalized spacial score (nSPS) is 9.92. The first-order chi connectivity index (χ1) is 11.8. The number of pyridine rings is 3. The van der Waals surface area contributed by atoms with Crippen LogP contribution in [0.4, 0.5) is 0 Å². The van der Waals surface area contributed by atoms with Crippen molar-refractivity contribution in [2.24, 2.45) is 0 Å². The number of nitriles is 2. The fraction of sp³-hybridized carbons (Fsp3) is 0.0556. The Labute approximate surface area is 143 Å². The van der Waals surface area contributed by atoms with Crippen molar-refractivity contribution in [2.75, 3.05) is 0 Å². The van der Waals surface area contributed by atoms with E-state index in [0.29, 0.717) is 33.2 Å². The second kappa shape index (κ2) is 7.36. The van der Waals surface area contributed by atoms with Crippen molar-refractivity contribution in [2.45, 2.75) is 10.8 Å². The highest BCUT2D eigenvalue weighted by atomic mass is 32.2. The van der Waals surface area contributed by atoms with Crippen LogP contribution in [0.1, 0.15) is 16.7 Å². The van der Waals surface area contributed by atoms with Gasteiger partial charge in [0.05, 0.1) is 16.8 Å². The van der Waals surface area contributed by atoms with Crippen molar-refractivity contribution in [1.82, 2.24) is 15.0 Å². The van der Waals surface area contributed by atoms with Gasteiger partial charge in [-0.1, -0.05) is 12.1 Å². The molecule has 0 bridgehead atoms. The minimum Gasteiger partial charge on any atom is -0.264 e. The highest BCUT2D eigenvalue weighted by Gasteiger charge is 2.17. The van der Waals surface area contributed by atoms with Crippen LogP contribution in [-0.4, -0.2) is 15.0 Å². The summed E-state index contributed by atoms with van der Waals surface area (Å²) in [7, 11) is 0. The van der Waals surface area contributed by atoms with E-state index in [2.05, 4.69) is 27.1 Å². The first kappa shape index (κ1) is 15.7.